The summed E-state index contributed by atoms with van der Waals surface area (Å²) < 4.78 is 7.66. The number of amides is 1. The van der Waals surface area contributed by atoms with Gasteiger partial charge in [-0.2, -0.15) is 0 Å². The third-order valence-electron chi connectivity index (χ3n) is 4.63. The molecular weight excluding hydrogens is 384 g/mol. The zero-order valence-corrected chi connectivity index (χ0v) is 17.8. The fraction of sp³-hybridized carbons (Fsp3) is 0.318. The van der Waals surface area contributed by atoms with Crippen LogP contribution < -0.4 is 10.1 Å². The van der Waals surface area contributed by atoms with Gasteiger partial charge in [-0.15, -0.1) is 10.2 Å². The molecule has 1 amide bonds. The largest absolute Gasteiger partial charge is 0.486 e. The van der Waals surface area contributed by atoms with Crippen LogP contribution in [-0.2, 0) is 31.3 Å². The first-order valence-corrected chi connectivity index (χ1v) is 10.7. The molecule has 0 fully saturated rings. The van der Waals surface area contributed by atoms with Crippen molar-refractivity contribution in [3.05, 3.63) is 65.5 Å². The molecular formula is C22H26N4O2S. The first kappa shape index (κ1) is 20.9. The number of carbonyl (C=O) groups excluding carboxylic acids is 1. The van der Waals surface area contributed by atoms with E-state index >= 15 is 0 Å². The minimum atomic E-state index is -0.0623. The quantitative estimate of drug-likeness (QED) is 0.534. The predicted octanol–water partition coefficient (Wildman–Crippen LogP) is 4.25. The van der Waals surface area contributed by atoms with Gasteiger partial charge >= 0.3 is 0 Å². The van der Waals surface area contributed by atoms with E-state index in [1.165, 1.54) is 17.3 Å². The lowest BCUT2D eigenvalue weighted by Crippen LogP contribution is -2.15. The van der Waals surface area contributed by atoms with Crippen LogP contribution in [0.3, 0.4) is 0 Å². The summed E-state index contributed by atoms with van der Waals surface area (Å²) in [5.74, 6) is 1.72. The number of carbonyl (C=O) groups is 1. The molecule has 0 saturated heterocycles. The second-order valence-electron chi connectivity index (χ2n) is 6.59. The van der Waals surface area contributed by atoms with Gasteiger partial charge < -0.3 is 14.6 Å². The molecule has 0 aliphatic heterocycles. The molecule has 7 heteroatoms. The molecule has 29 heavy (non-hydrogen) atoms. The molecule has 0 saturated carbocycles. The number of benzene rings is 2. The van der Waals surface area contributed by atoms with Crippen molar-refractivity contribution in [1.82, 2.24) is 14.8 Å². The second-order valence-corrected chi connectivity index (χ2v) is 7.53. The number of anilines is 1. The lowest BCUT2D eigenvalue weighted by molar-refractivity contribution is -0.113. The lowest BCUT2D eigenvalue weighted by atomic mass is 10.1. The Balaban J connectivity index is 1.53. The monoisotopic (exact) mass is 410 g/mol. The van der Waals surface area contributed by atoms with Gasteiger partial charge in [0, 0.05) is 12.7 Å². The summed E-state index contributed by atoms with van der Waals surface area (Å²) in [6.07, 6.45) is 1.87. The van der Waals surface area contributed by atoms with Crippen LogP contribution in [0.2, 0.25) is 0 Å². The van der Waals surface area contributed by atoms with Crippen LogP contribution >= 0.6 is 11.8 Å². The van der Waals surface area contributed by atoms with Gasteiger partial charge in [-0.3, -0.25) is 4.79 Å². The molecule has 3 rings (SSSR count). The molecule has 0 bridgehead atoms. The van der Waals surface area contributed by atoms with Crippen LogP contribution in [-0.4, -0.2) is 26.4 Å². The number of nitrogens with zero attached hydrogens (tertiary/aromatic N) is 3. The SMILES string of the molecule is CCc1ccc(OCc2nnc(SCC(=O)Nc3ccccc3CC)n2C)cc1. The highest BCUT2D eigenvalue weighted by Crippen LogP contribution is 2.20. The number of hydrogen-bond donors (Lipinski definition) is 1. The molecule has 152 valence electrons. The van der Waals surface area contributed by atoms with E-state index in [-0.39, 0.29) is 11.7 Å². The number of ether oxygens (including phenoxy) is 1. The van der Waals surface area contributed by atoms with E-state index in [1.807, 2.05) is 48.0 Å². The van der Waals surface area contributed by atoms with Gasteiger partial charge in [-0.05, 0) is 42.2 Å². The van der Waals surface area contributed by atoms with Crippen LogP contribution in [0.4, 0.5) is 5.69 Å². The highest BCUT2D eigenvalue weighted by Gasteiger charge is 2.13. The normalized spacial score (nSPS) is 10.7. The molecule has 3 aromatic rings. The van der Waals surface area contributed by atoms with Crippen molar-refractivity contribution >= 4 is 23.4 Å². The molecule has 6 nitrogen and oxygen atoms in total. The van der Waals surface area contributed by atoms with E-state index in [4.69, 9.17) is 4.74 Å². The van der Waals surface area contributed by atoms with Crippen molar-refractivity contribution < 1.29 is 9.53 Å². The van der Waals surface area contributed by atoms with Crippen LogP contribution in [0, 0.1) is 0 Å². The van der Waals surface area contributed by atoms with E-state index < -0.39 is 0 Å². The summed E-state index contributed by atoms with van der Waals surface area (Å²) in [5, 5.41) is 12.0. The smallest absolute Gasteiger partial charge is 0.234 e. The first-order valence-electron chi connectivity index (χ1n) is 9.71. The molecule has 1 N–H and O–H groups in total. The summed E-state index contributed by atoms with van der Waals surface area (Å²) in [4.78, 5) is 12.3. The highest BCUT2D eigenvalue weighted by atomic mass is 32.2. The minimum absolute atomic E-state index is 0.0623. The Hall–Kier alpha value is -2.80. The van der Waals surface area contributed by atoms with Gasteiger partial charge in [0.1, 0.15) is 12.4 Å². The number of thioether (sulfide) groups is 1. The predicted molar refractivity (Wildman–Crippen MR) is 116 cm³/mol. The zero-order valence-electron chi connectivity index (χ0n) is 17.0. The molecule has 0 unspecified atom stereocenters. The maximum atomic E-state index is 12.3. The van der Waals surface area contributed by atoms with Gasteiger partial charge in [0.25, 0.3) is 0 Å². The van der Waals surface area contributed by atoms with E-state index in [0.717, 1.165) is 29.8 Å². The number of aryl methyl sites for hydroxylation is 2. The number of nitrogens with one attached hydrogen (secondary N) is 1. The van der Waals surface area contributed by atoms with Crippen LogP contribution in [0.15, 0.2) is 53.7 Å². The third-order valence-corrected chi connectivity index (χ3v) is 5.65. The minimum Gasteiger partial charge on any atom is -0.486 e. The molecule has 0 atom stereocenters. The van der Waals surface area contributed by atoms with E-state index in [1.54, 1.807) is 0 Å². The number of aromatic nitrogens is 3. The average Bonchev–Trinajstić information content (AvgIpc) is 3.11. The van der Waals surface area contributed by atoms with Crippen LogP contribution in [0.5, 0.6) is 5.75 Å². The number of rotatable bonds is 9. The van der Waals surface area contributed by atoms with Crippen LogP contribution in [0.1, 0.15) is 30.8 Å². The second kappa shape index (κ2) is 10.1. The highest BCUT2D eigenvalue weighted by molar-refractivity contribution is 7.99. The van der Waals surface area contributed by atoms with Crippen molar-refractivity contribution in [2.45, 2.75) is 38.5 Å². The molecule has 0 spiro atoms. The average molecular weight is 411 g/mol. The Bertz CT molecular complexity index is 954. The Labute approximate surface area is 175 Å². The van der Waals surface area contributed by atoms with Crippen LogP contribution in [0.25, 0.3) is 0 Å². The summed E-state index contributed by atoms with van der Waals surface area (Å²) in [7, 11) is 1.88. The maximum Gasteiger partial charge on any atom is 0.234 e. The molecule has 0 aliphatic rings. The standard InChI is InChI=1S/C22H26N4O2S/c1-4-16-10-12-18(13-11-16)28-14-20-24-25-22(26(20)3)29-15-21(27)23-19-9-7-6-8-17(19)5-2/h6-13H,4-5,14-15H2,1-3H3,(H,23,27). The summed E-state index contributed by atoms with van der Waals surface area (Å²) >= 11 is 1.36. The van der Waals surface area contributed by atoms with E-state index in [0.29, 0.717) is 17.6 Å². The van der Waals surface area contributed by atoms with Crippen molar-refractivity contribution in [2.24, 2.45) is 7.05 Å². The van der Waals surface area contributed by atoms with Gasteiger partial charge in [0.15, 0.2) is 11.0 Å². The zero-order chi connectivity index (χ0) is 20.6. The molecule has 1 heterocycles. The van der Waals surface area contributed by atoms with E-state index in [2.05, 4.69) is 41.5 Å². The summed E-state index contributed by atoms with van der Waals surface area (Å²) in [5.41, 5.74) is 3.26. The third kappa shape index (κ3) is 5.60. The van der Waals surface area contributed by atoms with Crippen molar-refractivity contribution in [3.63, 3.8) is 0 Å². The van der Waals surface area contributed by atoms with Crippen molar-refractivity contribution in [2.75, 3.05) is 11.1 Å². The number of hydrogen-bond acceptors (Lipinski definition) is 5. The fourth-order valence-corrected chi connectivity index (χ4v) is 3.56. The lowest BCUT2D eigenvalue weighted by Gasteiger charge is -2.09. The summed E-state index contributed by atoms with van der Waals surface area (Å²) in [6, 6.07) is 15.9. The summed E-state index contributed by atoms with van der Waals surface area (Å²) in [6.45, 7) is 4.52. The van der Waals surface area contributed by atoms with Crippen molar-refractivity contribution in [1.29, 1.82) is 0 Å². The van der Waals surface area contributed by atoms with Crippen molar-refractivity contribution in [3.8, 4) is 5.75 Å². The van der Waals surface area contributed by atoms with E-state index in [9.17, 15) is 4.79 Å². The fourth-order valence-electron chi connectivity index (χ4n) is 2.83. The topological polar surface area (TPSA) is 69.0 Å². The van der Waals surface area contributed by atoms with Gasteiger partial charge in [-0.25, -0.2) is 0 Å². The van der Waals surface area contributed by atoms with Gasteiger partial charge in [0.05, 0.1) is 5.75 Å². The maximum absolute atomic E-state index is 12.3. The molecule has 0 aliphatic carbocycles. The number of para-hydroxylation sites is 1. The Morgan fingerprint density at radius 3 is 2.55 bits per heavy atom. The Morgan fingerprint density at radius 1 is 1.07 bits per heavy atom. The Morgan fingerprint density at radius 2 is 1.83 bits per heavy atom. The van der Waals surface area contributed by atoms with Gasteiger partial charge in [-0.1, -0.05) is 55.9 Å². The Kier molecular flexibility index (Phi) is 7.30. The molecule has 0 radical (unpaired) electrons. The first-order chi connectivity index (χ1) is 14.1. The molecule has 2 aromatic carbocycles. The van der Waals surface area contributed by atoms with Gasteiger partial charge in [0.2, 0.25) is 5.91 Å². The molecule has 1 aromatic heterocycles.